The minimum Gasteiger partial charge on any atom is -0.392 e. The van der Waals surface area contributed by atoms with Crippen molar-refractivity contribution in [2.24, 2.45) is 5.16 Å². The van der Waals surface area contributed by atoms with Crippen LogP contribution in [0.5, 0.6) is 0 Å². The fourth-order valence-corrected chi connectivity index (χ4v) is 0.977. The lowest BCUT2D eigenvalue weighted by Crippen LogP contribution is -1.86. The first kappa shape index (κ1) is 8.57. The fourth-order valence-electron chi connectivity index (χ4n) is 0.851. The van der Waals surface area contributed by atoms with Crippen molar-refractivity contribution in [1.29, 1.82) is 0 Å². The summed E-state index contributed by atoms with van der Waals surface area (Å²) in [5, 5.41) is 4.46. The molecule has 0 saturated heterocycles. The Morgan fingerprint density at radius 3 is 2.62 bits per heavy atom. The first-order valence-electron chi connectivity index (χ1n) is 4.22. The summed E-state index contributed by atoms with van der Waals surface area (Å²) in [6, 6.07) is 7.30. The van der Waals surface area contributed by atoms with Crippen LogP contribution in [0, 0.1) is 0 Å². The van der Waals surface area contributed by atoms with Crippen molar-refractivity contribution in [3.8, 4) is 0 Å². The van der Waals surface area contributed by atoms with E-state index in [-0.39, 0.29) is 0 Å². The molecule has 3 heteroatoms. The second kappa shape index (κ2) is 3.79. The highest BCUT2D eigenvalue weighted by Crippen LogP contribution is 2.23. The van der Waals surface area contributed by atoms with E-state index in [4.69, 9.17) is 16.4 Å². The monoisotopic (exact) mass is 194 g/mol. The van der Waals surface area contributed by atoms with Crippen LogP contribution < -0.4 is 0 Å². The Labute approximate surface area is 82.2 Å². The SMILES string of the molecule is Clc1ccc(/[C]=N/OC2CC2)cc1. The van der Waals surface area contributed by atoms with Gasteiger partial charge >= 0.3 is 0 Å². The van der Waals surface area contributed by atoms with Crippen LogP contribution in [-0.2, 0) is 4.84 Å². The zero-order valence-electron chi connectivity index (χ0n) is 7.03. The molecular formula is C10H9ClNO. The molecule has 1 radical (unpaired) electrons. The van der Waals surface area contributed by atoms with Gasteiger partial charge in [-0.3, -0.25) is 0 Å². The second-order valence-electron chi connectivity index (χ2n) is 3.01. The van der Waals surface area contributed by atoms with E-state index in [0.717, 1.165) is 18.4 Å². The maximum absolute atomic E-state index is 5.72. The van der Waals surface area contributed by atoms with Crippen LogP contribution in [0.2, 0.25) is 5.02 Å². The first-order valence-corrected chi connectivity index (χ1v) is 4.60. The highest BCUT2D eigenvalue weighted by Gasteiger charge is 2.23. The summed E-state index contributed by atoms with van der Waals surface area (Å²) in [5.74, 6) is 0. The number of halogens is 1. The molecule has 1 aromatic carbocycles. The van der Waals surface area contributed by atoms with Gasteiger partial charge in [-0.1, -0.05) is 28.9 Å². The molecule has 1 fully saturated rings. The molecule has 2 rings (SSSR count). The van der Waals surface area contributed by atoms with Crippen LogP contribution in [0.15, 0.2) is 29.4 Å². The topological polar surface area (TPSA) is 21.6 Å². The quantitative estimate of drug-likeness (QED) is 0.536. The van der Waals surface area contributed by atoms with E-state index < -0.39 is 0 Å². The Morgan fingerprint density at radius 1 is 1.31 bits per heavy atom. The van der Waals surface area contributed by atoms with Gasteiger partial charge in [0.15, 0.2) is 0 Å². The molecule has 0 N–H and O–H groups in total. The van der Waals surface area contributed by atoms with Crippen LogP contribution >= 0.6 is 11.6 Å². The largest absolute Gasteiger partial charge is 0.392 e. The average molecular weight is 195 g/mol. The molecule has 0 bridgehead atoms. The van der Waals surface area contributed by atoms with Crippen molar-refractivity contribution in [3.63, 3.8) is 0 Å². The Balaban J connectivity index is 1.92. The molecule has 0 unspecified atom stereocenters. The predicted molar refractivity (Wildman–Crippen MR) is 52.1 cm³/mol. The molecule has 0 atom stereocenters. The van der Waals surface area contributed by atoms with Crippen molar-refractivity contribution in [1.82, 2.24) is 0 Å². The lowest BCUT2D eigenvalue weighted by atomic mass is 10.2. The molecule has 0 aromatic heterocycles. The third-order valence-corrected chi connectivity index (χ3v) is 2.00. The van der Waals surface area contributed by atoms with E-state index in [1.807, 2.05) is 12.1 Å². The predicted octanol–water partition coefficient (Wildman–Crippen LogP) is 2.73. The molecule has 1 aliphatic carbocycles. The number of hydrogen-bond acceptors (Lipinski definition) is 2. The molecule has 1 saturated carbocycles. The summed E-state index contributed by atoms with van der Waals surface area (Å²) < 4.78 is 0. The summed E-state index contributed by atoms with van der Waals surface area (Å²) in [7, 11) is 0. The van der Waals surface area contributed by atoms with E-state index in [1.165, 1.54) is 0 Å². The molecule has 13 heavy (non-hydrogen) atoms. The number of rotatable bonds is 3. The Kier molecular flexibility index (Phi) is 2.50. The molecule has 1 aliphatic rings. The van der Waals surface area contributed by atoms with Gasteiger partial charge in [0.1, 0.15) is 12.3 Å². The lowest BCUT2D eigenvalue weighted by Gasteiger charge is -1.93. The van der Waals surface area contributed by atoms with Gasteiger partial charge in [0.05, 0.1) is 0 Å². The maximum Gasteiger partial charge on any atom is 0.139 e. The summed E-state index contributed by atoms with van der Waals surface area (Å²) in [5.41, 5.74) is 0.880. The maximum atomic E-state index is 5.72. The summed E-state index contributed by atoms with van der Waals surface area (Å²) >= 11 is 5.72. The standard InChI is InChI=1S/C10H9ClNO/c11-9-3-1-8(2-4-9)7-12-13-10-5-6-10/h1-4,10H,5-6H2. The van der Waals surface area contributed by atoms with E-state index in [9.17, 15) is 0 Å². The van der Waals surface area contributed by atoms with Crippen molar-refractivity contribution in [2.45, 2.75) is 18.9 Å². The molecule has 0 aliphatic heterocycles. The summed E-state index contributed by atoms with van der Waals surface area (Å²) in [4.78, 5) is 5.07. The van der Waals surface area contributed by atoms with Crippen LogP contribution in [0.25, 0.3) is 0 Å². The van der Waals surface area contributed by atoms with E-state index in [0.29, 0.717) is 11.1 Å². The van der Waals surface area contributed by atoms with Crippen molar-refractivity contribution < 1.29 is 4.84 Å². The zero-order chi connectivity index (χ0) is 9.10. The van der Waals surface area contributed by atoms with Crippen molar-refractivity contribution >= 4 is 17.8 Å². The highest BCUT2D eigenvalue weighted by atomic mass is 35.5. The first-order chi connectivity index (χ1) is 6.34. The Morgan fingerprint density at radius 2 is 2.00 bits per heavy atom. The zero-order valence-corrected chi connectivity index (χ0v) is 7.79. The molecule has 0 heterocycles. The number of nitrogens with zero attached hydrogens (tertiary/aromatic N) is 1. The van der Waals surface area contributed by atoms with Gasteiger partial charge in [-0.05, 0) is 25.0 Å². The second-order valence-corrected chi connectivity index (χ2v) is 3.45. The normalized spacial score (nSPS) is 16.4. The lowest BCUT2D eigenvalue weighted by molar-refractivity contribution is 0.131. The van der Waals surface area contributed by atoms with Crippen LogP contribution in [0.1, 0.15) is 18.4 Å². The number of hydrogen-bond donors (Lipinski definition) is 0. The average Bonchev–Trinajstić information content (AvgIpc) is 2.92. The summed E-state index contributed by atoms with van der Waals surface area (Å²) in [6.45, 7) is 0. The van der Waals surface area contributed by atoms with Gasteiger partial charge in [-0.2, -0.15) is 0 Å². The smallest absolute Gasteiger partial charge is 0.139 e. The third kappa shape index (κ3) is 2.74. The van der Waals surface area contributed by atoms with Gasteiger partial charge in [0, 0.05) is 10.6 Å². The molecule has 1 aromatic rings. The van der Waals surface area contributed by atoms with Gasteiger partial charge in [-0.25, -0.2) is 0 Å². The van der Waals surface area contributed by atoms with Gasteiger partial charge in [0.25, 0.3) is 0 Å². The minimum absolute atomic E-state index is 0.333. The van der Waals surface area contributed by atoms with Gasteiger partial charge in [-0.15, -0.1) is 0 Å². The van der Waals surface area contributed by atoms with E-state index in [2.05, 4.69) is 11.4 Å². The van der Waals surface area contributed by atoms with E-state index >= 15 is 0 Å². The summed E-state index contributed by atoms with van der Waals surface area (Å²) in [6.07, 6.45) is 5.35. The third-order valence-electron chi connectivity index (χ3n) is 1.75. The molecule has 67 valence electrons. The van der Waals surface area contributed by atoms with Crippen molar-refractivity contribution in [3.05, 3.63) is 34.9 Å². The Bertz CT molecular complexity index is 303. The fraction of sp³-hybridized carbons (Fsp3) is 0.300. The van der Waals surface area contributed by atoms with Gasteiger partial charge in [0.2, 0.25) is 0 Å². The highest BCUT2D eigenvalue weighted by molar-refractivity contribution is 6.30. The minimum atomic E-state index is 0.333. The molecule has 2 nitrogen and oxygen atoms in total. The van der Waals surface area contributed by atoms with Gasteiger partial charge < -0.3 is 4.84 Å². The van der Waals surface area contributed by atoms with Crippen LogP contribution in [0.3, 0.4) is 0 Å². The van der Waals surface area contributed by atoms with Crippen molar-refractivity contribution in [2.75, 3.05) is 0 Å². The molecular weight excluding hydrogens is 186 g/mol. The molecule has 0 amide bonds. The van der Waals surface area contributed by atoms with Crippen LogP contribution in [0.4, 0.5) is 0 Å². The number of benzene rings is 1. The van der Waals surface area contributed by atoms with Crippen LogP contribution in [-0.4, -0.2) is 12.3 Å². The molecule has 0 spiro atoms. The van der Waals surface area contributed by atoms with E-state index in [1.54, 1.807) is 12.1 Å². The Hall–Kier alpha value is -1.02.